The highest BCUT2D eigenvalue weighted by atomic mass is 19.1. The van der Waals surface area contributed by atoms with E-state index in [0.29, 0.717) is 6.54 Å². The van der Waals surface area contributed by atoms with Gasteiger partial charge in [-0.25, -0.2) is 4.39 Å². The standard InChI is InChI=1S/C12H14FN3O3/c1-2-5-15-9(7-14)8-19-12-4-3-10(16(17)18)6-11(12)13/h3-4,6,9,15H,2,5,8H2,1H3. The van der Waals surface area contributed by atoms with Crippen LogP contribution in [0.5, 0.6) is 5.75 Å². The third kappa shape index (κ3) is 4.52. The number of hydrogen-bond acceptors (Lipinski definition) is 5. The van der Waals surface area contributed by atoms with Crippen LogP contribution >= 0.6 is 0 Å². The molecule has 1 N–H and O–H groups in total. The van der Waals surface area contributed by atoms with Crippen molar-refractivity contribution in [3.05, 3.63) is 34.1 Å². The lowest BCUT2D eigenvalue weighted by atomic mass is 10.3. The highest BCUT2D eigenvalue weighted by Gasteiger charge is 2.13. The van der Waals surface area contributed by atoms with Crippen molar-refractivity contribution in [3.63, 3.8) is 0 Å². The number of nitro groups is 1. The van der Waals surface area contributed by atoms with Gasteiger partial charge in [0.1, 0.15) is 12.6 Å². The van der Waals surface area contributed by atoms with Crippen LogP contribution in [0.4, 0.5) is 10.1 Å². The van der Waals surface area contributed by atoms with Gasteiger partial charge in [0, 0.05) is 6.07 Å². The molecule has 0 spiro atoms. The summed E-state index contributed by atoms with van der Waals surface area (Å²) in [6.45, 7) is 2.59. The number of hydrogen-bond donors (Lipinski definition) is 1. The molecule has 1 atom stereocenters. The van der Waals surface area contributed by atoms with Gasteiger partial charge in [-0.1, -0.05) is 6.92 Å². The first-order chi connectivity index (χ1) is 9.08. The van der Waals surface area contributed by atoms with E-state index in [4.69, 9.17) is 10.00 Å². The number of nitriles is 1. The Hall–Kier alpha value is -2.20. The number of benzene rings is 1. The second-order valence-corrected chi connectivity index (χ2v) is 3.82. The topological polar surface area (TPSA) is 88.2 Å². The molecule has 1 aromatic rings. The van der Waals surface area contributed by atoms with Gasteiger partial charge in [-0.3, -0.25) is 15.4 Å². The molecule has 0 aliphatic rings. The van der Waals surface area contributed by atoms with Crippen LogP contribution in [0, 0.1) is 27.3 Å². The Morgan fingerprint density at radius 1 is 1.63 bits per heavy atom. The molecule has 6 nitrogen and oxygen atoms in total. The Morgan fingerprint density at radius 3 is 2.89 bits per heavy atom. The fourth-order valence-electron chi connectivity index (χ4n) is 1.35. The lowest BCUT2D eigenvalue weighted by Gasteiger charge is -2.12. The quantitative estimate of drug-likeness (QED) is 0.603. The minimum absolute atomic E-state index is 0.0226. The van der Waals surface area contributed by atoms with Crippen molar-refractivity contribution in [2.24, 2.45) is 0 Å². The SMILES string of the molecule is CCCNC(C#N)COc1ccc([N+](=O)[O-])cc1F. The molecule has 0 fully saturated rings. The maximum absolute atomic E-state index is 13.5. The highest BCUT2D eigenvalue weighted by Crippen LogP contribution is 2.22. The number of nitrogens with one attached hydrogen (secondary N) is 1. The van der Waals surface area contributed by atoms with E-state index < -0.39 is 16.8 Å². The zero-order valence-electron chi connectivity index (χ0n) is 10.4. The molecule has 7 heteroatoms. The first kappa shape index (κ1) is 14.9. The zero-order chi connectivity index (χ0) is 14.3. The highest BCUT2D eigenvalue weighted by molar-refractivity contribution is 5.37. The van der Waals surface area contributed by atoms with Gasteiger partial charge in [0.05, 0.1) is 17.1 Å². The fourth-order valence-corrected chi connectivity index (χ4v) is 1.35. The van der Waals surface area contributed by atoms with E-state index in [2.05, 4.69) is 5.32 Å². The molecule has 1 rings (SSSR count). The number of non-ortho nitro benzene ring substituents is 1. The van der Waals surface area contributed by atoms with E-state index >= 15 is 0 Å². The van der Waals surface area contributed by atoms with Crippen molar-refractivity contribution >= 4 is 5.69 Å². The van der Waals surface area contributed by atoms with Gasteiger partial charge in [0.2, 0.25) is 0 Å². The summed E-state index contributed by atoms with van der Waals surface area (Å²) in [6.07, 6.45) is 0.865. The zero-order valence-corrected chi connectivity index (χ0v) is 10.4. The van der Waals surface area contributed by atoms with E-state index in [1.54, 1.807) is 0 Å². The normalized spacial score (nSPS) is 11.6. The Kier molecular flexibility index (Phi) is 5.70. The molecule has 0 aliphatic heterocycles. The van der Waals surface area contributed by atoms with Crippen molar-refractivity contribution < 1.29 is 14.1 Å². The van der Waals surface area contributed by atoms with Crippen LogP contribution < -0.4 is 10.1 Å². The summed E-state index contributed by atoms with van der Waals surface area (Å²) in [5.74, 6) is -0.925. The molecule has 19 heavy (non-hydrogen) atoms. The molecule has 0 heterocycles. The largest absolute Gasteiger partial charge is 0.488 e. The van der Waals surface area contributed by atoms with Gasteiger partial charge in [0.15, 0.2) is 11.6 Å². The summed E-state index contributed by atoms with van der Waals surface area (Å²) < 4.78 is 18.6. The predicted octanol–water partition coefficient (Wildman–Crippen LogP) is 2.00. The number of halogens is 1. The van der Waals surface area contributed by atoms with E-state index in [9.17, 15) is 14.5 Å². The molecule has 0 aliphatic carbocycles. The summed E-state index contributed by atoms with van der Waals surface area (Å²) >= 11 is 0. The third-order valence-electron chi connectivity index (χ3n) is 2.33. The molecule has 0 saturated carbocycles. The Morgan fingerprint density at radius 2 is 2.37 bits per heavy atom. The number of nitro benzene ring substituents is 1. The van der Waals surface area contributed by atoms with Crippen molar-refractivity contribution in [1.82, 2.24) is 5.32 Å². The smallest absolute Gasteiger partial charge is 0.272 e. The molecule has 1 aromatic carbocycles. The number of rotatable bonds is 7. The van der Waals surface area contributed by atoms with Crippen molar-refractivity contribution in [2.75, 3.05) is 13.2 Å². The molecule has 0 amide bonds. The van der Waals surface area contributed by atoms with Crippen LogP contribution in [0.25, 0.3) is 0 Å². The molecule has 0 saturated heterocycles. The Bertz CT molecular complexity index is 488. The predicted molar refractivity (Wildman–Crippen MR) is 66.2 cm³/mol. The van der Waals surface area contributed by atoms with Crippen molar-refractivity contribution in [1.29, 1.82) is 5.26 Å². The molecular formula is C12H14FN3O3. The lowest BCUT2D eigenvalue weighted by Crippen LogP contribution is -2.33. The monoisotopic (exact) mass is 267 g/mol. The van der Waals surface area contributed by atoms with Crippen molar-refractivity contribution in [2.45, 2.75) is 19.4 Å². The van der Waals surface area contributed by atoms with Crippen LogP contribution in [-0.2, 0) is 0 Å². The first-order valence-electron chi connectivity index (χ1n) is 5.78. The average molecular weight is 267 g/mol. The maximum Gasteiger partial charge on any atom is 0.272 e. The second kappa shape index (κ2) is 7.28. The molecule has 102 valence electrons. The summed E-state index contributed by atoms with van der Waals surface area (Å²) in [4.78, 5) is 9.75. The first-order valence-corrected chi connectivity index (χ1v) is 5.78. The fraction of sp³-hybridized carbons (Fsp3) is 0.417. The van der Waals surface area contributed by atoms with E-state index in [1.807, 2.05) is 13.0 Å². The number of nitrogens with zero attached hydrogens (tertiary/aromatic N) is 2. The molecule has 0 bridgehead atoms. The Balaban J connectivity index is 2.62. The molecule has 1 unspecified atom stereocenters. The average Bonchev–Trinajstić information content (AvgIpc) is 2.40. The Labute approximate surface area is 109 Å². The summed E-state index contributed by atoms with van der Waals surface area (Å²) in [5.41, 5.74) is -0.342. The second-order valence-electron chi connectivity index (χ2n) is 3.82. The van der Waals surface area contributed by atoms with Crippen LogP contribution in [0.3, 0.4) is 0 Å². The van der Waals surface area contributed by atoms with Crippen molar-refractivity contribution in [3.8, 4) is 11.8 Å². The maximum atomic E-state index is 13.5. The van der Waals surface area contributed by atoms with Gasteiger partial charge >= 0.3 is 0 Å². The summed E-state index contributed by atoms with van der Waals surface area (Å²) in [6, 6.07) is 4.56. The molecule has 0 radical (unpaired) electrons. The minimum Gasteiger partial charge on any atom is -0.488 e. The van der Waals surface area contributed by atoms with Crippen LogP contribution in [0.15, 0.2) is 18.2 Å². The number of ether oxygens (including phenoxy) is 1. The van der Waals surface area contributed by atoms with Gasteiger partial charge in [-0.05, 0) is 19.0 Å². The third-order valence-corrected chi connectivity index (χ3v) is 2.33. The van der Waals surface area contributed by atoms with Gasteiger partial charge in [-0.2, -0.15) is 5.26 Å². The van der Waals surface area contributed by atoms with Gasteiger partial charge in [-0.15, -0.1) is 0 Å². The lowest BCUT2D eigenvalue weighted by molar-refractivity contribution is -0.385. The summed E-state index contributed by atoms with van der Waals surface area (Å²) in [5, 5.41) is 22.2. The summed E-state index contributed by atoms with van der Waals surface area (Å²) in [7, 11) is 0. The van der Waals surface area contributed by atoms with E-state index in [-0.39, 0.29) is 18.0 Å². The van der Waals surface area contributed by atoms with Crippen LogP contribution in [0.1, 0.15) is 13.3 Å². The van der Waals surface area contributed by atoms with Crippen LogP contribution in [-0.4, -0.2) is 24.1 Å². The van der Waals surface area contributed by atoms with E-state index in [1.165, 1.54) is 6.07 Å². The van der Waals surface area contributed by atoms with Crippen LogP contribution in [0.2, 0.25) is 0 Å². The van der Waals surface area contributed by atoms with E-state index in [0.717, 1.165) is 18.6 Å². The molecule has 0 aromatic heterocycles. The van der Waals surface area contributed by atoms with Gasteiger partial charge < -0.3 is 4.74 Å². The minimum atomic E-state index is -0.818. The van der Waals surface area contributed by atoms with Gasteiger partial charge in [0.25, 0.3) is 5.69 Å². The molecular weight excluding hydrogens is 253 g/mol.